The molecule has 0 radical (unpaired) electrons. The Balaban J connectivity index is 0. The van der Waals surface area contributed by atoms with Crippen LogP contribution >= 0.6 is 0 Å². The first-order chi connectivity index (χ1) is 23.8. The average Bonchev–Trinajstić information content (AvgIpc) is 3.07. The highest BCUT2D eigenvalue weighted by Crippen LogP contribution is 2.14. The molecule has 0 rings (SSSR count). The molecule has 0 aliphatic heterocycles. The summed E-state index contributed by atoms with van der Waals surface area (Å²) in [4.78, 5) is 19.6. The number of unbranched alkanes of at least 4 members (excludes halogenated alkanes) is 18. The fourth-order valence-corrected chi connectivity index (χ4v) is 5.45. The van der Waals surface area contributed by atoms with Crippen molar-refractivity contribution in [1.82, 2.24) is 0 Å². The monoisotopic (exact) mass is 693 g/mol. The molecule has 8 heteroatoms. The molecule has 49 heavy (non-hydrogen) atoms. The number of nitrogens with zero attached hydrogens (tertiary/aromatic N) is 2. The van der Waals surface area contributed by atoms with Crippen molar-refractivity contribution in [2.45, 2.75) is 199 Å². The lowest BCUT2D eigenvalue weighted by molar-refractivity contribution is -0.490. The number of rotatable bonds is 35. The molecule has 2 atom stereocenters. The van der Waals surface area contributed by atoms with Crippen molar-refractivity contribution in [3.05, 3.63) is 68.8 Å². The number of aliphatic hydroxyl groups excluding tert-OH is 2. The molecule has 0 aromatic carbocycles. The third-order valence-corrected chi connectivity index (χ3v) is 8.51. The van der Waals surface area contributed by atoms with E-state index in [1.165, 1.54) is 109 Å². The largest absolute Gasteiger partial charge is 0.393 e. The Hall–Kier alpha value is -2.32. The molecule has 0 aromatic rings. The highest BCUT2D eigenvalue weighted by molar-refractivity contribution is 4.99. The predicted octanol–water partition coefficient (Wildman–Crippen LogP) is 12.0. The van der Waals surface area contributed by atoms with Crippen LogP contribution in [-0.4, -0.2) is 45.4 Å². The molecule has 0 amide bonds. The minimum absolute atomic E-state index is 0.111. The molecule has 2 unspecified atom stereocenters. The van der Waals surface area contributed by atoms with E-state index in [2.05, 4.69) is 62.5 Å². The van der Waals surface area contributed by atoms with Gasteiger partial charge in [-0.15, -0.1) is 0 Å². The molecule has 0 saturated heterocycles. The summed E-state index contributed by atoms with van der Waals surface area (Å²) in [5.74, 6) is 0. The van der Waals surface area contributed by atoms with Crippen molar-refractivity contribution >= 4 is 0 Å². The van der Waals surface area contributed by atoms with Gasteiger partial charge in [0.15, 0.2) is 0 Å². The summed E-state index contributed by atoms with van der Waals surface area (Å²) in [6.07, 6.45) is 47.2. The van der Waals surface area contributed by atoms with Crippen molar-refractivity contribution in [2.24, 2.45) is 0 Å². The Morgan fingerprint density at radius 3 is 1.24 bits per heavy atom. The Morgan fingerprint density at radius 1 is 0.449 bits per heavy atom. The van der Waals surface area contributed by atoms with Gasteiger partial charge < -0.3 is 10.2 Å². The number of aliphatic hydroxyl groups is 2. The minimum Gasteiger partial charge on any atom is -0.393 e. The van der Waals surface area contributed by atoms with E-state index >= 15 is 0 Å². The van der Waals surface area contributed by atoms with Gasteiger partial charge in [-0.05, 0) is 57.8 Å². The smallest absolute Gasteiger partial charge is 0.229 e. The lowest BCUT2D eigenvalue weighted by atomic mass is 10.0. The van der Waals surface area contributed by atoms with Crippen LogP contribution < -0.4 is 0 Å². The first kappa shape index (κ1) is 48.8. The molecule has 2 N–H and O–H groups in total. The molecule has 8 nitrogen and oxygen atoms in total. The zero-order valence-corrected chi connectivity index (χ0v) is 31.7. The summed E-state index contributed by atoms with van der Waals surface area (Å²) in [5, 5.41) is 39.4. The topological polar surface area (TPSA) is 127 Å². The summed E-state index contributed by atoms with van der Waals surface area (Å²) in [6, 6.07) is 0. The van der Waals surface area contributed by atoms with Crippen LogP contribution in [0.25, 0.3) is 0 Å². The molecule has 0 fully saturated rings. The number of hydrogen-bond donors (Lipinski definition) is 2. The Morgan fingerprint density at radius 2 is 0.816 bits per heavy atom. The fourth-order valence-electron chi connectivity index (χ4n) is 5.45. The van der Waals surface area contributed by atoms with Crippen LogP contribution in [0.15, 0.2) is 48.6 Å². The number of hydrogen-bond acceptors (Lipinski definition) is 6. The first-order valence-corrected chi connectivity index (χ1v) is 20.0. The zero-order valence-electron chi connectivity index (χ0n) is 31.7. The number of allylic oxidation sites excluding steroid dienone is 8. The van der Waals surface area contributed by atoms with Crippen molar-refractivity contribution in [3.8, 4) is 0 Å². The van der Waals surface area contributed by atoms with Gasteiger partial charge in [0.05, 0.1) is 6.10 Å². The Kier molecular flexibility index (Phi) is 41.7. The molecule has 0 aliphatic carbocycles. The van der Waals surface area contributed by atoms with Gasteiger partial charge in [0.25, 0.3) is 0 Å². The second-order valence-electron chi connectivity index (χ2n) is 13.4. The SMILES string of the molecule is CCCCC/C=C\C/C=C\C/C=C\C/C=C\CCCC(O)C[N+](=O)[O-].CCCCCCCCCCCCCCCCCC(O)CC[N+](=O)[O-]. The van der Waals surface area contributed by atoms with E-state index in [0.717, 1.165) is 44.9 Å². The van der Waals surface area contributed by atoms with Crippen LogP contribution in [0, 0.1) is 20.2 Å². The van der Waals surface area contributed by atoms with E-state index in [4.69, 9.17) is 0 Å². The summed E-state index contributed by atoms with van der Waals surface area (Å²) >= 11 is 0. The maximum Gasteiger partial charge on any atom is 0.229 e. The van der Waals surface area contributed by atoms with Gasteiger partial charge >= 0.3 is 0 Å². The predicted molar refractivity (Wildman–Crippen MR) is 208 cm³/mol. The van der Waals surface area contributed by atoms with Gasteiger partial charge in [-0.25, -0.2) is 0 Å². The third kappa shape index (κ3) is 47.8. The highest BCUT2D eigenvalue weighted by Gasteiger charge is 2.10. The third-order valence-electron chi connectivity index (χ3n) is 8.51. The molecule has 0 heterocycles. The molecular weight excluding hydrogens is 616 g/mol. The summed E-state index contributed by atoms with van der Waals surface area (Å²) in [5.41, 5.74) is 0. The van der Waals surface area contributed by atoms with Crippen molar-refractivity contribution in [2.75, 3.05) is 13.1 Å². The summed E-state index contributed by atoms with van der Waals surface area (Å²) in [7, 11) is 0. The molecule has 286 valence electrons. The fraction of sp³-hybridized carbons (Fsp3) is 0.805. The van der Waals surface area contributed by atoms with E-state index in [-0.39, 0.29) is 18.0 Å². The van der Waals surface area contributed by atoms with Gasteiger partial charge in [0, 0.05) is 16.3 Å². The summed E-state index contributed by atoms with van der Waals surface area (Å²) in [6.45, 7) is 4.03. The van der Waals surface area contributed by atoms with Crippen LogP contribution in [0.2, 0.25) is 0 Å². The van der Waals surface area contributed by atoms with Crippen molar-refractivity contribution in [1.29, 1.82) is 0 Å². The zero-order chi connectivity index (χ0) is 36.5. The highest BCUT2D eigenvalue weighted by atomic mass is 16.6. The van der Waals surface area contributed by atoms with Crippen LogP contribution in [0.4, 0.5) is 0 Å². The van der Waals surface area contributed by atoms with Crippen LogP contribution in [-0.2, 0) is 0 Å². The summed E-state index contributed by atoms with van der Waals surface area (Å²) < 4.78 is 0. The lowest BCUT2D eigenvalue weighted by Gasteiger charge is -2.07. The molecule has 0 aromatic heterocycles. The number of nitro groups is 2. The molecule has 0 bridgehead atoms. The maximum atomic E-state index is 10.2. The normalized spacial score (nSPS) is 13.1. The van der Waals surface area contributed by atoms with Gasteiger partial charge in [-0.1, -0.05) is 172 Å². The van der Waals surface area contributed by atoms with E-state index in [0.29, 0.717) is 19.3 Å². The Labute approximate surface area is 300 Å². The second kappa shape index (κ2) is 41.8. The van der Waals surface area contributed by atoms with Crippen LogP contribution in [0.3, 0.4) is 0 Å². The van der Waals surface area contributed by atoms with Gasteiger partial charge in [0.2, 0.25) is 13.1 Å². The van der Waals surface area contributed by atoms with E-state index in [9.17, 15) is 30.4 Å². The molecule has 0 saturated carbocycles. The van der Waals surface area contributed by atoms with E-state index < -0.39 is 17.1 Å². The lowest BCUT2D eigenvalue weighted by Crippen LogP contribution is -2.18. The van der Waals surface area contributed by atoms with Crippen LogP contribution in [0.1, 0.15) is 187 Å². The van der Waals surface area contributed by atoms with Gasteiger partial charge in [-0.3, -0.25) is 20.2 Å². The van der Waals surface area contributed by atoms with Crippen LogP contribution in [0.5, 0.6) is 0 Å². The molecule has 0 spiro atoms. The van der Waals surface area contributed by atoms with E-state index in [1.807, 2.05) is 0 Å². The van der Waals surface area contributed by atoms with Gasteiger partial charge in [-0.2, -0.15) is 0 Å². The van der Waals surface area contributed by atoms with Crippen molar-refractivity contribution in [3.63, 3.8) is 0 Å². The molecular formula is C41H76N2O6. The van der Waals surface area contributed by atoms with Crippen molar-refractivity contribution < 1.29 is 20.1 Å². The first-order valence-electron chi connectivity index (χ1n) is 20.0. The van der Waals surface area contributed by atoms with Gasteiger partial charge in [0.1, 0.15) is 6.10 Å². The van der Waals surface area contributed by atoms with E-state index in [1.54, 1.807) is 0 Å². The quantitative estimate of drug-likeness (QED) is 0.0294. The standard InChI is InChI=1S/C21H35NO3.C20H41NO3/c1-2-3-4-5-6-7-8-9-10-11-12-13-14-15-16-17-18-19-21(23)20-22(24)25;1-2-3-4-5-6-7-8-9-10-11-12-13-14-15-16-17-20(22)18-19-21(23)24/h6-7,9-10,12-13,15-16,21,23H,2-5,8,11,14,17-20H2,1H3;20,22H,2-19H2,1H3/b7-6-,10-9-,13-12-,16-15-;. The Bertz CT molecular complexity index is 827. The molecule has 0 aliphatic rings. The maximum absolute atomic E-state index is 10.2. The average molecular weight is 693 g/mol. The second-order valence-corrected chi connectivity index (χ2v) is 13.4. The minimum atomic E-state index is -0.818.